The maximum absolute atomic E-state index is 12.8. The fourth-order valence-electron chi connectivity index (χ4n) is 2.99. The number of benzene rings is 2. The molecule has 10 heteroatoms. The molecule has 0 saturated heterocycles. The molecule has 0 aliphatic rings. The van der Waals surface area contributed by atoms with Gasteiger partial charge in [-0.1, -0.05) is 24.3 Å². The van der Waals surface area contributed by atoms with Gasteiger partial charge in [0.05, 0.1) is 18.4 Å². The van der Waals surface area contributed by atoms with Crippen molar-refractivity contribution < 1.29 is 18.0 Å². The number of alkyl halides is 3. The van der Waals surface area contributed by atoms with E-state index in [1.165, 1.54) is 18.5 Å². The molecule has 2 aromatic carbocycles. The van der Waals surface area contributed by atoms with Crippen molar-refractivity contribution in [3.8, 4) is 11.4 Å². The van der Waals surface area contributed by atoms with Crippen LogP contribution in [0.1, 0.15) is 21.5 Å². The van der Waals surface area contributed by atoms with E-state index < -0.39 is 17.6 Å². The molecular formula is C20H15F3N6O. The number of nitrogens with two attached hydrogens (primary N) is 2. The molecule has 0 aliphatic heterocycles. The number of primary amides is 1. The molecule has 2 aromatic heterocycles. The first-order chi connectivity index (χ1) is 14.2. The number of amides is 1. The molecule has 0 radical (unpaired) electrons. The molecule has 4 N–H and O–H groups in total. The van der Waals surface area contributed by atoms with Crippen molar-refractivity contribution in [1.82, 2.24) is 19.5 Å². The molecule has 0 saturated carbocycles. The van der Waals surface area contributed by atoms with Gasteiger partial charge in [-0.25, -0.2) is 15.0 Å². The molecule has 0 bridgehead atoms. The van der Waals surface area contributed by atoms with Crippen LogP contribution in [0.15, 0.2) is 54.9 Å². The van der Waals surface area contributed by atoms with Crippen molar-refractivity contribution in [2.45, 2.75) is 12.7 Å². The minimum atomic E-state index is -4.39. The Bertz CT molecular complexity index is 1230. The maximum Gasteiger partial charge on any atom is 0.416 e. The van der Waals surface area contributed by atoms with Crippen LogP contribution in [0.2, 0.25) is 0 Å². The second-order valence-electron chi connectivity index (χ2n) is 6.61. The van der Waals surface area contributed by atoms with Crippen molar-refractivity contribution in [2.75, 3.05) is 5.73 Å². The molecule has 2 heterocycles. The van der Waals surface area contributed by atoms with Crippen molar-refractivity contribution in [3.63, 3.8) is 0 Å². The number of nitrogen functional groups attached to an aromatic ring is 1. The molecule has 1 amide bonds. The highest BCUT2D eigenvalue weighted by Gasteiger charge is 2.29. The summed E-state index contributed by atoms with van der Waals surface area (Å²) in [6.07, 6.45) is -2.88. The van der Waals surface area contributed by atoms with E-state index in [4.69, 9.17) is 11.5 Å². The van der Waals surface area contributed by atoms with Crippen molar-refractivity contribution in [2.24, 2.45) is 5.73 Å². The number of hydrogen-bond donors (Lipinski definition) is 2. The minimum Gasteiger partial charge on any atom is -0.382 e. The fraction of sp³-hybridized carbons (Fsp3) is 0.100. The monoisotopic (exact) mass is 412 g/mol. The van der Waals surface area contributed by atoms with Crippen LogP contribution in [0.25, 0.3) is 22.6 Å². The van der Waals surface area contributed by atoms with Crippen LogP contribution in [0.5, 0.6) is 0 Å². The van der Waals surface area contributed by atoms with Crippen molar-refractivity contribution >= 4 is 22.9 Å². The van der Waals surface area contributed by atoms with Crippen molar-refractivity contribution in [1.29, 1.82) is 0 Å². The third kappa shape index (κ3) is 3.66. The third-order valence-electron chi connectivity index (χ3n) is 4.55. The number of fused-ring (bicyclic) bond motifs is 1. The molecule has 0 spiro atoms. The standard InChI is InChI=1S/C20H15F3N6O/c21-20(22,23)14-7-1-11(2-8-14)9-29-10-26-15-16(24)27-18(28-19(15)29)13-5-3-12(4-6-13)17(25)30/h1-8,10H,9H2,(H2,25,30)(H2,24,27,28). The number of carbonyl (C=O) groups is 1. The molecule has 0 fully saturated rings. The molecule has 30 heavy (non-hydrogen) atoms. The Morgan fingerprint density at radius 2 is 1.67 bits per heavy atom. The van der Waals surface area contributed by atoms with Gasteiger partial charge < -0.3 is 16.0 Å². The molecule has 7 nitrogen and oxygen atoms in total. The lowest BCUT2D eigenvalue weighted by Gasteiger charge is -2.09. The summed E-state index contributed by atoms with van der Waals surface area (Å²) >= 11 is 0. The lowest BCUT2D eigenvalue weighted by molar-refractivity contribution is -0.137. The van der Waals surface area contributed by atoms with Crippen LogP contribution in [0, 0.1) is 0 Å². The summed E-state index contributed by atoms with van der Waals surface area (Å²) in [7, 11) is 0. The number of aromatic nitrogens is 4. The van der Waals surface area contributed by atoms with E-state index in [0.29, 0.717) is 33.7 Å². The molecular weight excluding hydrogens is 397 g/mol. The van der Waals surface area contributed by atoms with E-state index in [-0.39, 0.29) is 12.4 Å². The molecule has 0 aliphatic carbocycles. The first-order valence-corrected chi connectivity index (χ1v) is 8.77. The predicted molar refractivity (Wildman–Crippen MR) is 104 cm³/mol. The van der Waals surface area contributed by atoms with E-state index >= 15 is 0 Å². The van der Waals surface area contributed by atoms with Gasteiger partial charge in [0.1, 0.15) is 5.52 Å². The van der Waals surface area contributed by atoms with Crippen LogP contribution < -0.4 is 11.5 Å². The Balaban J connectivity index is 1.69. The molecule has 4 rings (SSSR count). The summed E-state index contributed by atoms with van der Waals surface area (Å²) in [5, 5.41) is 0. The largest absolute Gasteiger partial charge is 0.416 e. The number of rotatable bonds is 4. The normalized spacial score (nSPS) is 11.7. The smallest absolute Gasteiger partial charge is 0.382 e. The number of halogens is 3. The van der Waals surface area contributed by atoms with Crippen LogP contribution in [-0.4, -0.2) is 25.4 Å². The van der Waals surface area contributed by atoms with Gasteiger partial charge in [-0.3, -0.25) is 4.79 Å². The Labute approximate surface area is 168 Å². The van der Waals surface area contributed by atoms with E-state index in [0.717, 1.165) is 12.1 Å². The first kappa shape index (κ1) is 19.4. The summed E-state index contributed by atoms with van der Waals surface area (Å²) in [5.41, 5.74) is 13.0. The zero-order valence-corrected chi connectivity index (χ0v) is 15.4. The van der Waals surface area contributed by atoms with Gasteiger partial charge in [0.25, 0.3) is 0 Å². The Hall–Kier alpha value is -3.95. The molecule has 4 aromatic rings. The zero-order valence-electron chi connectivity index (χ0n) is 15.4. The Morgan fingerprint density at radius 3 is 2.27 bits per heavy atom. The third-order valence-corrected chi connectivity index (χ3v) is 4.55. The van der Waals surface area contributed by atoms with Crippen LogP contribution in [0.4, 0.5) is 19.0 Å². The number of imidazole rings is 1. The summed E-state index contributed by atoms with van der Waals surface area (Å²) in [5.74, 6) is -0.0580. The molecule has 0 atom stereocenters. The summed E-state index contributed by atoms with van der Waals surface area (Å²) in [6.45, 7) is 0.255. The maximum atomic E-state index is 12.8. The highest BCUT2D eigenvalue weighted by Crippen LogP contribution is 2.29. The second kappa shape index (κ2) is 7.14. The van der Waals surface area contributed by atoms with Crippen LogP contribution in [0.3, 0.4) is 0 Å². The van der Waals surface area contributed by atoms with Gasteiger partial charge in [-0.2, -0.15) is 13.2 Å². The van der Waals surface area contributed by atoms with Gasteiger partial charge in [0.15, 0.2) is 17.3 Å². The highest BCUT2D eigenvalue weighted by molar-refractivity contribution is 5.93. The van der Waals surface area contributed by atoms with Crippen molar-refractivity contribution in [3.05, 3.63) is 71.5 Å². The predicted octanol–water partition coefficient (Wildman–Crippen LogP) is 3.24. The van der Waals surface area contributed by atoms with E-state index in [1.807, 2.05) is 0 Å². The van der Waals surface area contributed by atoms with Gasteiger partial charge >= 0.3 is 6.18 Å². The first-order valence-electron chi connectivity index (χ1n) is 8.77. The van der Waals surface area contributed by atoms with Gasteiger partial charge in [0, 0.05) is 11.1 Å². The average Bonchev–Trinajstić information content (AvgIpc) is 3.11. The highest BCUT2D eigenvalue weighted by atomic mass is 19.4. The zero-order chi connectivity index (χ0) is 21.5. The topological polar surface area (TPSA) is 113 Å². The minimum absolute atomic E-state index is 0.167. The Kier molecular flexibility index (Phi) is 4.61. The number of nitrogens with zero attached hydrogens (tertiary/aromatic N) is 4. The van der Waals surface area contributed by atoms with E-state index in [2.05, 4.69) is 15.0 Å². The number of carbonyl (C=O) groups excluding carboxylic acids is 1. The van der Waals surface area contributed by atoms with E-state index in [1.54, 1.807) is 28.8 Å². The summed E-state index contributed by atoms with van der Waals surface area (Å²) in [6, 6.07) is 11.3. The number of anilines is 1. The SMILES string of the molecule is NC(=O)c1ccc(-c2nc(N)c3ncn(Cc4ccc(C(F)(F)F)cc4)c3n2)cc1. The second-order valence-corrected chi connectivity index (χ2v) is 6.61. The Morgan fingerprint density at radius 1 is 1.00 bits per heavy atom. The summed E-state index contributed by atoms with van der Waals surface area (Å²) in [4.78, 5) is 24.2. The van der Waals surface area contributed by atoms with Gasteiger partial charge in [-0.05, 0) is 29.8 Å². The quantitative estimate of drug-likeness (QED) is 0.534. The fourth-order valence-corrected chi connectivity index (χ4v) is 2.99. The lowest BCUT2D eigenvalue weighted by atomic mass is 10.1. The lowest BCUT2D eigenvalue weighted by Crippen LogP contribution is -2.10. The van der Waals surface area contributed by atoms with Crippen LogP contribution >= 0.6 is 0 Å². The average molecular weight is 412 g/mol. The van der Waals surface area contributed by atoms with Crippen LogP contribution in [-0.2, 0) is 12.7 Å². The summed E-state index contributed by atoms with van der Waals surface area (Å²) < 4.78 is 39.9. The molecule has 0 unspecified atom stereocenters. The number of hydrogen-bond acceptors (Lipinski definition) is 5. The van der Waals surface area contributed by atoms with Gasteiger partial charge in [-0.15, -0.1) is 0 Å². The van der Waals surface area contributed by atoms with Gasteiger partial charge in [0.2, 0.25) is 5.91 Å². The molecule has 152 valence electrons. The van der Waals surface area contributed by atoms with E-state index in [9.17, 15) is 18.0 Å².